The van der Waals surface area contributed by atoms with Crippen LogP contribution in [0.2, 0.25) is 0 Å². The van der Waals surface area contributed by atoms with Gasteiger partial charge in [0.1, 0.15) is 11.8 Å². The fraction of sp³-hybridized carbons (Fsp3) is 0.429. The molecule has 2 aromatic carbocycles. The molecule has 7 nitrogen and oxygen atoms in total. The minimum absolute atomic E-state index is 0.00463. The Kier molecular flexibility index (Phi) is 10.8. The lowest BCUT2D eigenvalue weighted by Crippen LogP contribution is -2.37. The third kappa shape index (κ3) is 7.64. The first-order valence-corrected chi connectivity index (χ1v) is 9.39. The zero-order chi connectivity index (χ0) is 20.9. The van der Waals surface area contributed by atoms with Crippen LogP contribution < -0.4 is 21.9 Å². The fourth-order valence-electron chi connectivity index (χ4n) is 2.81. The summed E-state index contributed by atoms with van der Waals surface area (Å²) in [6, 6.07) is 10.9. The summed E-state index contributed by atoms with van der Waals surface area (Å²) in [5, 5.41) is 9.88. The van der Waals surface area contributed by atoms with E-state index in [1.165, 1.54) is 32.1 Å². The highest BCUT2D eigenvalue weighted by molar-refractivity contribution is 6.00. The summed E-state index contributed by atoms with van der Waals surface area (Å²) in [6.07, 6.45) is 7.53. The number of aliphatic carboxylic acids is 1. The summed E-state index contributed by atoms with van der Waals surface area (Å²) in [7, 11) is 1.63. The minimum Gasteiger partial charge on any atom is -0.496 e. The fourth-order valence-corrected chi connectivity index (χ4v) is 2.81. The van der Waals surface area contributed by atoms with E-state index in [4.69, 9.17) is 27.0 Å². The molecule has 0 aliphatic heterocycles. The predicted octanol–water partition coefficient (Wildman–Crippen LogP) is 2.30. The molecule has 28 heavy (non-hydrogen) atoms. The van der Waals surface area contributed by atoms with Gasteiger partial charge >= 0.3 is 5.97 Å². The average molecular weight is 389 g/mol. The van der Waals surface area contributed by atoms with Crippen molar-refractivity contribution in [1.29, 1.82) is 0 Å². The maximum Gasteiger partial charge on any atom is 0.321 e. The van der Waals surface area contributed by atoms with Crippen molar-refractivity contribution in [2.75, 3.05) is 13.7 Å². The molecule has 1 saturated carbocycles. The van der Waals surface area contributed by atoms with Crippen molar-refractivity contribution in [3.05, 3.63) is 42.0 Å². The summed E-state index contributed by atoms with van der Waals surface area (Å²) in [4.78, 5) is 20.5. The van der Waals surface area contributed by atoms with E-state index in [2.05, 4.69) is 0 Å². The van der Waals surface area contributed by atoms with Crippen LogP contribution in [0.3, 0.4) is 0 Å². The molecule has 0 spiro atoms. The second kappa shape index (κ2) is 12.8. The van der Waals surface area contributed by atoms with Gasteiger partial charge in [-0.1, -0.05) is 43.5 Å². The SMILES string of the molecule is COc1ccc(C=O)c2ccccc12.NC1CCCCC1.NCC(N)C(=O)O. The molecule has 0 bridgehead atoms. The molecule has 0 saturated heterocycles. The third-order valence-electron chi connectivity index (χ3n) is 4.49. The van der Waals surface area contributed by atoms with Gasteiger partial charge in [-0.15, -0.1) is 0 Å². The number of rotatable bonds is 4. The molecule has 7 heteroatoms. The van der Waals surface area contributed by atoms with Crippen molar-refractivity contribution < 1.29 is 19.4 Å². The van der Waals surface area contributed by atoms with Crippen LogP contribution in [0, 0.1) is 0 Å². The average Bonchev–Trinajstić information content (AvgIpc) is 2.73. The van der Waals surface area contributed by atoms with E-state index >= 15 is 0 Å². The van der Waals surface area contributed by atoms with Crippen LogP contribution in [0.15, 0.2) is 36.4 Å². The van der Waals surface area contributed by atoms with Gasteiger partial charge < -0.3 is 27.0 Å². The van der Waals surface area contributed by atoms with E-state index in [0.717, 1.165) is 22.8 Å². The number of carboxylic acid groups (broad SMARTS) is 1. The number of carbonyl (C=O) groups excluding carboxylic acids is 1. The largest absolute Gasteiger partial charge is 0.496 e. The molecule has 1 unspecified atom stereocenters. The lowest BCUT2D eigenvalue weighted by Gasteiger charge is -2.15. The van der Waals surface area contributed by atoms with Crippen molar-refractivity contribution in [1.82, 2.24) is 0 Å². The van der Waals surface area contributed by atoms with Crippen LogP contribution in [0.5, 0.6) is 5.75 Å². The molecular weight excluding hydrogens is 358 g/mol. The number of aldehydes is 1. The maximum atomic E-state index is 10.8. The van der Waals surface area contributed by atoms with Crippen molar-refractivity contribution in [3.8, 4) is 5.75 Å². The van der Waals surface area contributed by atoms with E-state index in [-0.39, 0.29) is 6.54 Å². The first kappa shape index (κ1) is 23.6. The molecule has 0 aromatic heterocycles. The van der Waals surface area contributed by atoms with Crippen LogP contribution in [0.1, 0.15) is 42.5 Å². The highest BCUT2D eigenvalue weighted by atomic mass is 16.5. The zero-order valence-electron chi connectivity index (χ0n) is 16.3. The van der Waals surface area contributed by atoms with Crippen LogP contribution in [-0.2, 0) is 4.79 Å². The van der Waals surface area contributed by atoms with E-state index in [0.29, 0.717) is 11.6 Å². The van der Waals surface area contributed by atoms with Crippen molar-refractivity contribution in [2.45, 2.75) is 44.2 Å². The number of hydrogen-bond donors (Lipinski definition) is 4. The monoisotopic (exact) mass is 389 g/mol. The van der Waals surface area contributed by atoms with E-state index in [9.17, 15) is 9.59 Å². The molecule has 7 N–H and O–H groups in total. The Bertz CT molecular complexity index is 746. The van der Waals surface area contributed by atoms with Gasteiger partial charge in [0.2, 0.25) is 0 Å². The predicted molar refractivity (Wildman–Crippen MR) is 112 cm³/mol. The van der Waals surface area contributed by atoms with Crippen LogP contribution in [-0.4, -0.2) is 43.1 Å². The molecule has 1 aliphatic rings. The van der Waals surface area contributed by atoms with Gasteiger partial charge in [0.05, 0.1) is 7.11 Å². The van der Waals surface area contributed by atoms with Gasteiger partial charge in [-0.3, -0.25) is 9.59 Å². The molecule has 0 radical (unpaired) electrons. The van der Waals surface area contributed by atoms with Crippen molar-refractivity contribution in [2.24, 2.45) is 17.2 Å². The van der Waals surface area contributed by atoms with Gasteiger partial charge in [-0.25, -0.2) is 0 Å². The summed E-state index contributed by atoms with van der Waals surface area (Å²) in [5.74, 6) is -0.256. The number of nitrogens with two attached hydrogens (primary N) is 3. The second-order valence-corrected chi connectivity index (χ2v) is 6.60. The Morgan fingerprint density at radius 3 is 2.18 bits per heavy atom. The lowest BCUT2D eigenvalue weighted by atomic mass is 9.97. The van der Waals surface area contributed by atoms with Crippen molar-refractivity contribution >= 4 is 23.0 Å². The molecule has 1 aliphatic carbocycles. The summed E-state index contributed by atoms with van der Waals surface area (Å²) >= 11 is 0. The number of benzene rings is 2. The summed E-state index contributed by atoms with van der Waals surface area (Å²) in [6.45, 7) is -0.00463. The standard InChI is InChI=1S/C12H10O2.C6H13N.C3H8N2O2/c1-14-12-7-6-9(8-13)10-4-2-3-5-11(10)12;7-6-4-2-1-3-5-6;4-1-2(5)3(6)7/h2-8H,1H3;6H,1-5,7H2;2H,1,4-5H2,(H,6,7). The van der Waals surface area contributed by atoms with Crippen molar-refractivity contribution in [3.63, 3.8) is 0 Å². The quantitative estimate of drug-likeness (QED) is 0.588. The molecule has 1 fully saturated rings. The Morgan fingerprint density at radius 2 is 1.79 bits per heavy atom. The minimum atomic E-state index is -1.05. The maximum absolute atomic E-state index is 10.8. The molecule has 2 aromatic rings. The summed E-state index contributed by atoms with van der Waals surface area (Å²) in [5.41, 5.74) is 16.1. The Labute approximate surface area is 165 Å². The van der Waals surface area contributed by atoms with Crippen LogP contribution in [0.4, 0.5) is 0 Å². The van der Waals surface area contributed by atoms with Crippen LogP contribution in [0.25, 0.3) is 10.8 Å². The Balaban J connectivity index is 0.000000237. The second-order valence-electron chi connectivity index (χ2n) is 6.60. The molecule has 0 heterocycles. The van der Waals surface area contributed by atoms with E-state index < -0.39 is 12.0 Å². The molecule has 154 valence electrons. The normalized spacial score (nSPS) is 14.7. The van der Waals surface area contributed by atoms with Gasteiger partial charge in [0.25, 0.3) is 0 Å². The van der Waals surface area contributed by atoms with Gasteiger partial charge in [0, 0.05) is 23.5 Å². The van der Waals surface area contributed by atoms with E-state index in [1.54, 1.807) is 13.2 Å². The summed E-state index contributed by atoms with van der Waals surface area (Å²) < 4.78 is 5.21. The number of hydrogen-bond acceptors (Lipinski definition) is 6. The number of fused-ring (bicyclic) bond motifs is 1. The zero-order valence-corrected chi connectivity index (χ0v) is 16.3. The third-order valence-corrected chi connectivity index (χ3v) is 4.49. The molecular formula is C21H31N3O4. The van der Waals surface area contributed by atoms with E-state index in [1.807, 2.05) is 30.3 Å². The Hall–Kier alpha value is -2.48. The van der Waals surface area contributed by atoms with Gasteiger partial charge in [-0.2, -0.15) is 0 Å². The smallest absolute Gasteiger partial charge is 0.321 e. The molecule has 1 atom stereocenters. The topological polar surface area (TPSA) is 142 Å². The highest BCUT2D eigenvalue weighted by Crippen LogP contribution is 2.27. The Morgan fingerprint density at radius 1 is 1.18 bits per heavy atom. The first-order chi connectivity index (χ1) is 13.4. The van der Waals surface area contributed by atoms with Crippen LogP contribution >= 0.6 is 0 Å². The molecule has 3 rings (SSSR count). The number of methoxy groups -OCH3 is 1. The lowest BCUT2D eigenvalue weighted by molar-refractivity contribution is -0.138. The first-order valence-electron chi connectivity index (χ1n) is 9.39. The van der Waals surface area contributed by atoms with Gasteiger partial charge in [-0.05, 0) is 30.4 Å². The number of carbonyl (C=O) groups is 2. The molecule has 0 amide bonds. The highest BCUT2D eigenvalue weighted by Gasteiger charge is 2.07. The number of carboxylic acids is 1. The number of ether oxygens (including phenoxy) is 1. The van der Waals surface area contributed by atoms with Gasteiger partial charge in [0.15, 0.2) is 6.29 Å².